The highest BCUT2D eigenvalue weighted by atomic mass is 16.5. The molecule has 19 heavy (non-hydrogen) atoms. The van der Waals surface area contributed by atoms with Crippen molar-refractivity contribution in [2.45, 2.75) is 32.6 Å². The van der Waals surface area contributed by atoms with Gasteiger partial charge in [-0.05, 0) is 56.5 Å². The molecule has 1 rings (SSSR count). The van der Waals surface area contributed by atoms with Crippen LogP contribution in [-0.4, -0.2) is 33.4 Å². The Kier molecular flexibility index (Phi) is 9.11. The number of ether oxygens (including phenoxy) is 2. The first-order valence-electron chi connectivity index (χ1n) is 7.28. The average molecular weight is 265 g/mol. The first kappa shape index (κ1) is 16.0. The van der Waals surface area contributed by atoms with Gasteiger partial charge >= 0.3 is 0 Å². The summed E-state index contributed by atoms with van der Waals surface area (Å²) in [5.41, 5.74) is 1.29. The van der Waals surface area contributed by atoms with Crippen LogP contribution in [0, 0.1) is 0 Å². The lowest BCUT2D eigenvalue weighted by molar-refractivity contribution is 0.202. The molecular weight excluding hydrogens is 238 g/mol. The lowest BCUT2D eigenvalue weighted by atomic mass is 10.1. The Morgan fingerprint density at radius 2 is 1.79 bits per heavy atom. The van der Waals surface area contributed by atoms with Gasteiger partial charge in [-0.3, -0.25) is 0 Å². The van der Waals surface area contributed by atoms with Gasteiger partial charge in [-0.25, -0.2) is 0 Å². The van der Waals surface area contributed by atoms with Crippen molar-refractivity contribution >= 4 is 0 Å². The maximum absolute atomic E-state index is 5.71. The minimum absolute atomic E-state index is 0.769. The highest BCUT2D eigenvalue weighted by Gasteiger charge is 1.96. The third-order valence-electron chi connectivity index (χ3n) is 2.96. The molecule has 0 aliphatic rings. The molecule has 0 aromatic heterocycles. The Bertz CT molecular complexity index is 311. The van der Waals surface area contributed by atoms with Gasteiger partial charge in [0.25, 0.3) is 0 Å². The summed E-state index contributed by atoms with van der Waals surface area (Å²) < 4.78 is 10.8. The van der Waals surface area contributed by atoms with E-state index in [0.29, 0.717) is 0 Å². The van der Waals surface area contributed by atoms with E-state index < -0.39 is 0 Å². The summed E-state index contributed by atoms with van der Waals surface area (Å²) in [5.74, 6) is 0.961. The van der Waals surface area contributed by atoms with Crippen LogP contribution < -0.4 is 10.1 Å². The van der Waals surface area contributed by atoms with Crippen LogP contribution in [-0.2, 0) is 11.2 Å². The molecule has 3 nitrogen and oxygen atoms in total. The molecule has 0 saturated carbocycles. The van der Waals surface area contributed by atoms with Gasteiger partial charge < -0.3 is 14.8 Å². The maximum Gasteiger partial charge on any atom is 0.119 e. The number of benzene rings is 1. The molecule has 3 heteroatoms. The Morgan fingerprint density at radius 3 is 2.47 bits per heavy atom. The van der Waals surface area contributed by atoms with Crippen molar-refractivity contribution in [3.8, 4) is 5.75 Å². The third kappa shape index (κ3) is 7.85. The number of nitrogens with one attached hydrogen (secondary N) is 1. The van der Waals surface area contributed by atoms with Gasteiger partial charge in [0.05, 0.1) is 13.2 Å². The van der Waals surface area contributed by atoms with Gasteiger partial charge in [0.1, 0.15) is 5.75 Å². The van der Waals surface area contributed by atoms with E-state index in [0.717, 1.165) is 44.9 Å². The highest BCUT2D eigenvalue weighted by molar-refractivity contribution is 5.27. The van der Waals surface area contributed by atoms with E-state index >= 15 is 0 Å². The first-order chi connectivity index (χ1) is 9.36. The monoisotopic (exact) mass is 265 g/mol. The zero-order valence-electron chi connectivity index (χ0n) is 12.3. The molecule has 108 valence electrons. The van der Waals surface area contributed by atoms with Crippen molar-refractivity contribution in [3.63, 3.8) is 0 Å². The predicted octanol–water partition coefficient (Wildman–Crippen LogP) is 3.03. The van der Waals surface area contributed by atoms with Crippen molar-refractivity contribution in [1.29, 1.82) is 0 Å². The summed E-state index contributed by atoms with van der Waals surface area (Å²) in [4.78, 5) is 0. The minimum atomic E-state index is 0.769. The van der Waals surface area contributed by atoms with Crippen LogP contribution in [0.5, 0.6) is 5.75 Å². The summed E-state index contributed by atoms with van der Waals surface area (Å²) in [7, 11) is 1.73. The van der Waals surface area contributed by atoms with Gasteiger partial charge in [0.2, 0.25) is 0 Å². The van der Waals surface area contributed by atoms with E-state index in [4.69, 9.17) is 9.47 Å². The van der Waals surface area contributed by atoms with Crippen molar-refractivity contribution < 1.29 is 9.47 Å². The van der Waals surface area contributed by atoms with E-state index in [2.05, 4.69) is 24.4 Å². The quantitative estimate of drug-likeness (QED) is 0.624. The van der Waals surface area contributed by atoms with Crippen molar-refractivity contribution in [2.75, 3.05) is 33.4 Å². The van der Waals surface area contributed by atoms with Crippen LogP contribution in [0.4, 0.5) is 0 Å². The number of rotatable bonds is 11. The molecule has 0 aliphatic heterocycles. The second-order valence-electron chi connectivity index (χ2n) is 4.69. The Labute approximate surface area is 117 Å². The minimum Gasteiger partial charge on any atom is -0.494 e. The summed E-state index contributed by atoms with van der Waals surface area (Å²) in [6.45, 7) is 5.96. The number of unbranched alkanes of at least 4 members (excludes halogenated alkanes) is 1. The SMILES string of the molecule is CCCNCCCCOc1ccc(CCOC)cc1. The van der Waals surface area contributed by atoms with Gasteiger partial charge in [-0.15, -0.1) is 0 Å². The van der Waals surface area contributed by atoms with Crippen molar-refractivity contribution in [2.24, 2.45) is 0 Å². The van der Waals surface area contributed by atoms with E-state index in [1.165, 1.54) is 18.4 Å². The fraction of sp³-hybridized carbons (Fsp3) is 0.625. The standard InChI is InChI=1S/C16H27NO2/c1-3-11-17-12-4-5-13-19-16-8-6-15(7-9-16)10-14-18-2/h6-9,17H,3-5,10-14H2,1-2H3. The molecule has 0 spiro atoms. The van der Waals surface area contributed by atoms with Gasteiger partial charge in [0, 0.05) is 7.11 Å². The van der Waals surface area contributed by atoms with Crippen molar-refractivity contribution in [3.05, 3.63) is 29.8 Å². The zero-order valence-corrected chi connectivity index (χ0v) is 12.3. The summed E-state index contributed by atoms with van der Waals surface area (Å²) >= 11 is 0. The normalized spacial score (nSPS) is 10.6. The maximum atomic E-state index is 5.71. The van der Waals surface area contributed by atoms with Gasteiger partial charge in [0.15, 0.2) is 0 Å². The zero-order chi connectivity index (χ0) is 13.8. The number of hydrogen-bond donors (Lipinski definition) is 1. The van der Waals surface area contributed by atoms with E-state index in [1.54, 1.807) is 7.11 Å². The van der Waals surface area contributed by atoms with Crippen LogP contribution in [0.2, 0.25) is 0 Å². The summed E-state index contributed by atoms with van der Waals surface area (Å²) in [5, 5.41) is 3.39. The van der Waals surface area contributed by atoms with Crippen LogP contribution >= 0.6 is 0 Å². The second kappa shape index (κ2) is 10.8. The highest BCUT2D eigenvalue weighted by Crippen LogP contribution is 2.13. The average Bonchev–Trinajstić information content (AvgIpc) is 2.45. The molecular formula is C16H27NO2. The third-order valence-corrected chi connectivity index (χ3v) is 2.96. The molecule has 0 amide bonds. The summed E-state index contributed by atoms with van der Waals surface area (Å²) in [6.07, 6.45) is 4.43. The van der Waals surface area contributed by atoms with Gasteiger partial charge in [-0.1, -0.05) is 19.1 Å². The molecule has 1 aromatic carbocycles. The molecule has 0 fully saturated rings. The fourth-order valence-electron chi connectivity index (χ4n) is 1.82. The number of methoxy groups -OCH3 is 1. The molecule has 1 N–H and O–H groups in total. The fourth-order valence-corrected chi connectivity index (χ4v) is 1.82. The van der Waals surface area contributed by atoms with Crippen LogP contribution in [0.15, 0.2) is 24.3 Å². The second-order valence-corrected chi connectivity index (χ2v) is 4.69. The van der Waals surface area contributed by atoms with E-state index in [9.17, 15) is 0 Å². The number of hydrogen-bond acceptors (Lipinski definition) is 3. The Hall–Kier alpha value is -1.06. The van der Waals surface area contributed by atoms with Crippen LogP contribution in [0.1, 0.15) is 31.7 Å². The molecule has 1 aromatic rings. The largest absolute Gasteiger partial charge is 0.494 e. The van der Waals surface area contributed by atoms with E-state index in [-0.39, 0.29) is 0 Å². The summed E-state index contributed by atoms with van der Waals surface area (Å²) in [6, 6.07) is 8.30. The molecule has 0 radical (unpaired) electrons. The topological polar surface area (TPSA) is 30.5 Å². The van der Waals surface area contributed by atoms with Gasteiger partial charge in [-0.2, -0.15) is 0 Å². The predicted molar refractivity (Wildman–Crippen MR) is 79.9 cm³/mol. The molecule has 0 saturated heterocycles. The molecule has 0 unspecified atom stereocenters. The lowest BCUT2D eigenvalue weighted by Crippen LogP contribution is -2.16. The van der Waals surface area contributed by atoms with Crippen molar-refractivity contribution in [1.82, 2.24) is 5.32 Å². The molecule has 0 heterocycles. The van der Waals surface area contributed by atoms with Crippen LogP contribution in [0.3, 0.4) is 0 Å². The smallest absolute Gasteiger partial charge is 0.119 e. The lowest BCUT2D eigenvalue weighted by Gasteiger charge is -2.07. The van der Waals surface area contributed by atoms with Crippen LogP contribution in [0.25, 0.3) is 0 Å². The Balaban J connectivity index is 2.09. The first-order valence-corrected chi connectivity index (χ1v) is 7.28. The molecule has 0 aliphatic carbocycles. The Morgan fingerprint density at radius 1 is 1.00 bits per heavy atom. The molecule has 0 bridgehead atoms. The molecule has 0 atom stereocenters. The van der Waals surface area contributed by atoms with E-state index in [1.807, 2.05) is 12.1 Å².